The molecule has 2 rings (SSSR count). The molecule has 0 amide bonds. The third-order valence-electron chi connectivity index (χ3n) is 2.88. The van der Waals surface area contributed by atoms with Gasteiger partial charge in [0.25, 0.3) is 0 Å². The van der Waals surface area contributed by atoms with Gasteiger partial charge in [-0.05, 0) is 37.6 Å². The van der Waals surface area contributed by atoms with Crippen molar-refractivity contribution in [1.29, 1.82) is 0 Å². The molecule has 1 aromatic heterocycles. The lowest BCUT2D eigenvalue weighted by atomic mass is 10.1. The molecule has 0 fully saturated rings. The van der Waals surface area contributed by atoms with Crippen molar-refractivity contribution >= 4 is 17.2 Å². The highest BCUT2D eigenvalue weighted by Gasteiger charge is 2.03. The molecule has 1 heterocycles. The molecule has 0 radical (unpaired) electrons. The van der Waals surface area contributed by atoms with Crippen LogP contribution in [0.2, 0.25) is 0 Å². The van der Waals surface area contributed by atoms with E-state index in [0.29, 0.717) is 24.1 Å². The van der Waals surface area contributed by atoms with Crippen molar-refractivity contribution in [1.82, 2.24) is 9.78 Å². The van der Waals surface area contributed by atoms with E-state index in [9.17, 15) is 0 Å². The molecule has 0 aliphatic rings. The minimum absolute atomic E-state index is 0.364. The molecule has 2 aromatic rings. The number of rotatable bonds is 6. The Bertz CT molecular complexity index is 575. The maximum atomic E-state index is 5.71. The highest BCUT2D eigenvalue weighted by Crippen LogP contribution is 2.14. The average Bonchev–Trinajstić information content (AvgIpc) is 2.86. The van der Waals surface area contributed by atoms with Crippen molar-refractivity contribution in [2.75, 3.05) is 0 Å². The number of hydrogen-bond acceptors (Lipinski definition) is 3. The number of thiocarbonyl (C=S) groups is 1. The number of nitrogens with zero attached hydrogens (tertiary/aromatic N) is 2. The first-order valence-electron chi connectivity index (χ1n) is 6.58. The molecule has 0 spiro atoms. The largest absolute Gasteiger partial charge is 0.487 e. The Kier molecular flexibility index (Phi) is 4.74. The van der Waals surface area contributed by atoms with Crippen LogP contribution in [0.25, 0.3) is 0 Å². The van der Waals surface area contributed by atoms with Gasteiger partial charge in [0.1, 0.15) is 12.4 Å². The molecule has 0 unspecified atom stereocenters. The first-order chi connectivity index (χ1) is 9.54. The number of ether oxygens (including phenoxy) is 1. The van der Waals surface area contributed by atoms with Crippen LogP contribution < -0.4 is 10.5 Å². The van der Waals surface area contributed by atoms with E-state index >= 15 is 0 Å². The second-order valence-corrected chi connectivity index (χ2v) is 5.48. The average molecular weight is 289 g/mol. The second-order valence-electron chi connectivity index (χ2n) is 4.96. The van der Waals surface area contributed by atoms with Gasteiger partial charge >= 0.3 is 0 Å². The molecular weight excluding hydrogens is 270 g/mol. The van der Waals surface area contributed by atoms with Crippen LogP contribution in [-0.2, 0) is 13.0 Å². The minimum Gasteiger partial charge on any atom is -0.487 e. The highest BCUT2D eigenvalue weighted by molar-refractivity contribution is 7.80. The summed E-state index contributed by atoms with van der Waals surface area (Å²) in [6, 6.07) is 10.1. The highest BCUT2D eigenvalue weighted by atomic mass is 32.1. The van der Waals surface area contributed by atoms with E-state index in [1.54, 1.807) is 0 Å². The third kappa shape index (κ3) is 4.06. The lowest BCUT2D eigenvalue weighted by molar-refractivity contribution is 0.298. The van der Waals surface area contributed by atoms with E-state index in [1.165, 1.54) is 0 Å². The van der Waals surface area contributed by atoms with Crippen LogP contribution in [0.5, 0.6) is 5.75 Å². The molecule has 0 atom stereocenters. The standard InChI is InChI=1S/C15H19N3OS/c1-11(2)18-8-7-13(17-18)10-19-14-5-3-12(4-6-14)9-15(16)20/h3-8,11H,9-10H2,1-2H3,(H2,16,20). The Morgan fingerprint density at radius 1 is 1.30 bits per heavy atom. The number of benzene rings is 1. The van der Waals surface area contributed by atoms with Crippen molar-refractivity contribution in [3.05, 3.63) is 47.8 Å². The van der Waals surface area contributed by atoms with Crippen LogP contribution in [0.4, 0.5) is 0 Å². The van der Waals surface area contributed by atoms with Crippen molar-refractivity contribution in [3.8, 4) is 5.75 Å². The molecule has 20 heavy (non-hydrogen) atoms. The summed E-state index contributed by atoms with van der Waals surface area (Å²) in [6.45, 7) is 4.66. The van der Waals surface area contributed by atoms with Crippen molar-refractivity contribution in [3.63, 3.8) is 0 Å². The number of hydrogen-bond donors (Lipinski definition) is 1. The summed E-state index contributed by atoms with van der Waals surface area (Å²) in [7, 11) is 0. The lowest BCUT2D eigenvalue weighted by Crippen LogP contribution is -2.10. The number of aromatic nitrogens is 2. The summed E-state index contributed by atoms with van der Waals surface area (Å²) in [4.78, 5) is 0.498. The van der Waals surface area contributed by atoms with Gasteiger partial charge in [-0.2, -0.15) is 5.10 Å². The van der Waals surface area contributed by atoms with Crippen molar-refractivity contribution < 1.29 is 4.74 Å². The van der Waals surface area contributed by atoms with Crippen LogP contribution in [0.1, 0.15) is 31.1 Å². The fraction of sp³-hybridized carbons (Fsp3) is 0.333. The van der Waals surface area contributed by atoms with E-state index in [2.05, 4.69) is 18.9 Å². The van der Waals surface area contributed by atoms with Gasteiger partial charge in [0.15, 0.2) is 0 Å². The molecule has 4 nitrogen and oxygen atoms in total. The molecule has 0 bridgehead atoms. The van der Waals surface area contributed by atoms with Crippen LogP contribution in [0.15, 0.2) is 36.5 Å². The van der Waals surface area contributed by atoms with Crippen LogP contribution >= 0.6 is 12.2 Å². The SMILES string of the molecule is CC(C)n1ccc(COc2ccc(CC(N)=S)cc2)n1. The maximum Gasteiger partial charge on any atom is 0.132 e. The molecular formula is C15H19N3OS. The van der Waals surface area contributed by atoms with Crippen molar-refractivity contribution in [2.45, 2.75) is 32.9 Å². The van der Waals surface area contributed by atoms with Gasteiger partial charge in [-0.3, -0.25) is 4.68 Å². The van der Waals surface area contributed by atoms with Gasteiger partial charge in [-0.1, -0.05) is 24.4 Å². The lowest BCUT2D eigenvalue weighted by Gasteiger charge is -2.06. The monoisotopic (exact) mass is 289 g/mol. The Hall–Kier alpha value is -1.88. The van der Waals surface area contributed by atoms with Gasteiger partial charge in [0, 0.05) is 18.7 Å². The van der Waals surface area contributed by atoms with E-state index in [0.717, 1.165) is 17.0 Å². The zero-order valence-corrected chi connectivity index (χ0v) is 12.6. The molecule has 0 saturated carbocycles. The Labute approximate surface area is 124 Å². The van der Waals surface area contributed by atoms with Gasteiger partial charge in [-0.15, -0.1) is 0 Å². The van der Waals surface area contributed by atoms with Crippen LogP contribution in [0, 0.1) is 0 Å². The molecule has 2 N–H and O–H groups in total. The van der Waals surface area contributed by atoms with E-state index < -0.39 is 0 Å². The Morgan fingerprint density at radius 2 is 2.00 bits per heavy atom. The second kappa shape index (κ2) is 6.52. The predicted molar refractivity (Wildman–Crippen MR) is 83.9 cm³/mol. The molecule has 106 valence electrons. The van der Waals surface area contributed by atoms with E-state index in [1.807, 2.05) is 41.2 Å². The Morgan fingerprint density at radius 3 is 2.55 bits per heavy atom. The van der Waals surface area contributed by atoms with Gasteiger partial charge in [0.2, 0.25) is 0 Å². The zero-order valence-electron chi connectivity index (χ0n) is 11.7. The molecule has 1 aromatic carbocycles. The summed E-state index contributed by atoms with van der Waals surface area (Å²) in [5, 5.41) is 4.44. The van der Waals surface area contributed by atoms with Crippen molar-refractivity contribution in [2.24, 2.45) is 5.73 Å². The van der Waals surface area contributed by atoms with Gasteiger partial charge < -0.3 is 10.5 Å². The van der Waals surface area contributed by atoms with Gasteiger partial charge in [-0.25, -0.2) is 0 Å². The topological polar surface area (TPSA) is 53.1 Å². The normalized spacial score (nSPS) is 10.8. The molecule has 5 heteroatoms. The van der Waals surface area contributed by atoms with Gasteiger partial charge in [0.05, 0.1) is 10.7 Å². The summed E-state index contributed by atoms with van der Waals surface area (Å²) < 4.78 is 7.63. The van der Waals surface area contributed by atoms with Crippen LogP contribution in [-0.4, -0.2) is 14.8 Å². The third-order valence-corrected chi connectivity index (χ3v) is 3.03. The van der Waals surface area contributed by atoms with Crippen LogP contribution in [0.3, 0.4) is 0 Å². The summed E-state index contributed by atoms with van der Waals surface area (Å²) in [6.07, 6.45) is 2.59. The minimum atomic E-state index is 0.364. The summed E-state index contributed by atoms with van der Waals surface area (Å²) in [5.41, 5.74) is 7.53. The fourth-order valence-corrected chi connectivity index (χ4v) is 1.97. The maximum absolute atomic E-state index is 5.71. The Balaban J connectivity index is 1.91. The van der Waals surface area contributed by atoms with E-state index in [-0.39, 0.29) is 0 Å². The molecule has 0 aliphatic carbocycles. The summed E-state index contributed by atoms with van der Waals surface area (Å²) in [5.74, 6) is 0.816. The quantitative estimate of drug-likeness (QED) is 0.831. The molecule has 0 aliphatic heterocycles. The molecule has 0 saturated heterocycles. The zero-order chi connectivity index (χ0) is 14.5. The number of nitrogens with two attached hydrogens (primary N) is 1. The smallest absolute Gasteiger partial charge is 0.132 e. The fourth-order valence-electron chi connectivity index (χ4n) is 1.80. The first-order valence-corrected chi connectivity index (χ1v) is 6.99. The van der Waals surface area contributed by atoms with E-state index in [4.69, 9.17) is 22.7 Å². The summed E-state index contributed by atoms with van der Waals surface area (Å²) >= 11 is 4.88. The first kappa shape index (κ1) is 14.5. The predicted octanol–water partition coefficient (Wildman–Crippen LogP) is 2.87.